The van der Waals surface area contributed by atoms with Gasteiger partial charge in [-0.3, -0.25) is 4.79 Å². The first-order valence-electron chi connectivity index (χ1n) is 3.66. The molecule has 78 valence electrons. The zero-order valence-corrected chi connectivity index (χ0v) is 7.25. The van der Waals surface area contributed by atoms with Crippen molar-refractivity contribution < 1.29 is 19.4 Å². The second-order valence-electron chi connectivity index (χ2n) is 2.45. The lowest BCUT2D eigenvalue weighted by Crippen LogP contribution is -2.08. The molecule has 0 aliphatic heterocycles. The summed E-state index contributed by atoms with van der Waals surface area (Å²) in [4.78, 5) is 23.9. The summed E-state index contributed by atoms with van der Waals surface area (Å²) in [6.07, 6.45) is 0. The monoisotopic (exact) mass is 211 g/mol. The molecular formula is C7H5N3O5. The lowest BCUT2D eigenvalue weighted by molar-refractivity contribution is 0.0651. The van der Waals surface area contributed by atoms with Gasteiger partial charge in [0.15, 0.2) is 0 Å². The van der Waals surface area contributed by atoms with E-state index in [0.717, 1.165) is 6.07 Å². The molecule has 0 radical (unpaired) electrons. The fourth-order valence-corrected chi connectivity index (χ4v) is 0.860. The van der Waals surface area contributed by atoms with Crippen molar-refractivity contribution in [1.29, 1.82) is 0 Å². The number of azide groups is 1. The largest absolute Gasteiger partial charge is 0.501 e. The molecular weight excluding hydrogens is 206 g/mol. The van der Waals surface area contributed by atoms with Crippen molar-refractivity contribution in [3.05, 3.63) is 38.3 Å². The van der Waals surface area contributed by atoms with Crippen LogP contribution in [0.1, 0.15) is 16.3 Å². The topological polar surface area (TPSA) is 137 Å². The molecule has 0 bridgehead atoms. The van der Waals surface area contributed by atoms with Crippen molar-refractivity contribution in [2.45, 2.75) is 6.54 Å². The molecule has 0 fully saturated rings. The van der Waals surface area contributed by atoms with E-state index in [2.05, 4.69) is 14.4 Å². The fourth-order valence-electron chi connectivity index (χ4n) is 0.860. The predicted molar refractivity (Wildman–Crippen MR) is 46.5 cm³/mol. The van der Waals surface area contributed by atoms with Gasteiger partial charge in [0.2, 0.25) is 11.2 Å². The maximum Gasteiger partial charge on any atom is 0.375 e. The van der Waals surface area contributed by atoms with Crippen molar-refractivity contribution in [2.24, 2.45) is 5.11 Å². The average Bonchev–Trinajstić information content (AvgIpc) is 2.19. The van der Waals surface area contributed by atoms with E-state index >= 15 is 0 Å². The van der Waals surface area contributed by atoms with E-state index < -0.39 is 22.9 Å². The molecule has 15 heavy (non-hydrogen) atoms. The van der Waals surface area contributed by atoms with Crippen LogP contribution in [-0.4, -0.2) is 16.2 Å². The molecule has 0 saturated carbocycles. The highest BCUT2D eigenvalue weighted by atomic mass is 16.4. The molecule has 0 spiro atoms. The number of aromatic carboxylic acids is 1. The lowest BCUT2D eigenvalue weighted by atomic mass is 10.3. The number of hydrogen-bond donors (Lipinski definition) is 2. The molecule has 0 amide bonds. The smallest absolute Gasteiger partial charge is 0.375 e. The molecule has 0 aliphatic carbocycles. The minimum atomic E-state index is -1.58. The summed E-state index contributed by atoms with van der Waals surface area (Å²) in [5, 5.41) is 20.7. The molecule has 1 aromatic heterocycles. The van der Waals surface area contributed by atoms with Gasteiger partial charge >= 0.3 is 5.97 Å². The van der Waals surface area contributed by atoms with Crippen LogP contribution in [-0.2, 0) is 6.54 Å². The van der Waals surface area contributed by atoms with Gasteiger partial charge in [-0.15, -0.1) is 0 Å². The molecule has 0 aromatic carbocycles. The number of nitrogens with zero attached hydrogens (tertiary/aromatic N) is 3. The van der Waals surface area contributed by atoms with Gasteiger partial charge in [0.05, 0.1) is 6.54 Å². The number of carbonyl (C=O) groups is 1. The number of carboxylic acid groups (broad SMARTS) is 1. The Morgan fingerprint density at radius 3 is 2.87 bits per heavy atom. The minimum Gasteiger partial charge on any atom is -0.501 e. The maximum atomic E-state index is 11.0. The minimum absolute atomic E-state index is 0.131. The highest BCUT2D eigenvalue weighted by Crippen LogP contribution is 2.13. The summed E-state index contributed by atoms with van der Waals surface area (Å²) in [7, 11) is 0. The Bertz CT molecular complexity index is 500. The Kier molecular flexibility index (Phi) is 2.94. The Balaban J connectivity index is 3.29. The highest BCUT2D eigenvalue weighted by molar-refractivity contribution is 5.87. The van der Waals surface area contributed by atoms with E-state index in [1.807, 2.05) is 0 Å². The van der Waals surface area contributed by atoms with Crippen molar-refractivity contribution >= 4 is 5.97 Å². The van der Waals surface area contributed by atoms with Crippen LogP contribution < -0.4 is 5.43 Å². The summed E-state index contributed by atoms with van der Waals surface area (Å²) in [6, 6.07) is 0.858. The Morgan fingerprint density at radius 1 is 1.67 bits per heavy atom. The number of hydrogen-bond acceptors (Lipinski definition) is 5. The lowest BCUT2D eigenvalue weighted by Gasteiger charge is -2.00. The Labute approximate surface area is 82.0 Å². The first-order valence-corrected chi connectivity index (χ1v) is 3.66. The van der Waals surface area contributed by atoms with E-state index in [4.69, 9.17) is 15.7 Å². The molecule has 0 unspecified atom stereocenters. The molecule has 8 nitrogen and oxygen atoms in total. The van der Waals surface area contributed by atoms with Crippen LogP contribution in [0.15, 0.2) is 20.4 Å². The third-order valence-corrected chi connectivity index (χ3v) is 1.46. The van der Waals surface area contributed by atoms with Gasteiger partial charge in [0, 0.05) is 11.0 Å². The number of carboxylic acids is 1. The van der Waals surface area contributed by atoms with Crippen LogP contribution in [0, 0.1) is 0 Å². The second-order valence-corrected chi connectivity index (χ2v) is 2.45. The normalized spacial score (nSPS) is 9.33. The molecule has 1 heterocycles. The molecule has 1 rings (SSSR count). The predicted octanol–water partition coefficient (Wildman–Crippen LogP) is 0.854. The zero-order valence-electron chi connectivity index (χ0n) is 7.25. The van der Waals surface area contributed by atoms with Crippen LogP contribution in [0.3, 0.4) is 0 Å². The van der Waals surface area contributed by atoms with Gasteiger partial charge in [0.25, 0.3) is 5.76 Å². The van der Waals surface area contributed by atoms with Gasteiger partial charge in [-0.1, -0.05) is 5.11 Å². The van der Waals surface area contributed by atoms with Crippen LogP contribution in [0.4, 0.5) is 0 Å². The van der Waals surface area contributed by atoms with Gasteiger partial charge in [-0.05, 0) is 5.53 Å². The van der Waals surface area contributed by atoms with Crippen molar-refractivity contribution in [2.75, 3.05) is 0 Å². The van der Waals surface area contributed by atoms with Gasteiger partial charge < -0.3 is 14.6 Å². The summed E-state index contributed by atoms with van der Waals surface area (Å²) >= 11 is 0. The van der Waals surface area contributed by atoms with Crippen LogP contribution >= 0.6 is 0 Å². The van der Waals surface area contributed by atoms with E-state index in [0.29, 0.717) is 0 Å². The second kappa shape index (κ2) is 4.16. The maximum absolute atomic E-state index is 11.0. The van der Waals surface area contributed by atoms with E-state index in [1.54, 1.807) is 0 Å². The SMILES string of the molecule is [N-]=[N+]=NCc1cc(=O)c(O)c(C(=O)O)o1. The van der Waals surface area contributed by atoms with Crippen molar-refractivity contribution in [1.82, 2.24) is 0 Å². The third-order valence-electron chi connectivity index (χ3n) is 1.46. The van der Waals surface area contributed by atoms with Crippen LogP contribution in [0.5, 0.6) is 5.75 Å². The third kappa shape index (κ3) is 2.26. The molecule has 8 heteroatoms. The first kappa shape index (κ1) is 10.6. The highest BCUT2D eigenvalue weighted by Gasteiger charge is 2.17. The van der Waals surface area contributed by atoms with Crippen molar-refractivity contribution in [3.63, 3.8) is 0 Å². The van der Waals surface area contributed by atoms with E-state index in [9.17, 15) is 9.59 Å². The molecule has 2 N–H and O–H groups in total. The molecule has 0 aliphatic rings. The summed E-state index contributed by atoms with van der Waals surface area (Å²) in [5.74, 6) is -3.56. The summed E-state index contributed by atoms with van der Waals surface area (Å²) < 4.78 is 4.64. The van der Waals surface area contributed by atoms with Crippen LogP contribution in [0.25, 0.3) is 10.4 Å². The van der Waals surface area contributed by atoms with E-state index in [1.165, 1.54) is 0 Å². The summed E-state index contributed by atoms with van der Waals surface area (Å²) in [5.41, 5.74) is 7.10. The molecule has 1 aromatic rings. The van der Waals surface area contributed by atoms with E-state index in [-0.39, 0.29) is 12.3 Å². The Morgan fingerprint density at radius 2 is 2.33 bits per heavy atom. The van der Waals surface area contributed by atoms with Crippen LogP contribution in [0.2, 0.25) is 0 Å². The van der Waals surface area contributed by atoms with Crippen molar-refractivity contribution in [3.8, 4) is 5.75 Å². The van der Waals surface area contributed by atoms with Gasteiger partial charge in [-0.25, -0.2) is 4.79 Å². The average molecular weight is 211 g/mol. The quantitative estimate of drug-likeness (QED) is 0.433. The summed E-state index contributed by atoms with van der Waals surface area (Å²) in [6.45, 7) is -0.299. The zero-order chi connectivity index (χ0) is 11.4. The van der Waals surface area contributed by atoms with Gasteiger partial charge in [-0.2, -0.15) is 0 Å². The molecule has 0 atom stereocenters. The Hall–Kier alpha value is -2.47. The fraction of sp³-hybridized carbons (Fsp3) is 0.143. The standard InChI is InChI=1S/C7H5N3O5/c8-10-9-2-3-1-4(11)5(12)6(15-3)7(13)14/h1,12H,2H2,(H,13,14). The van der Waals surface area contributed by atoms with Gasteiger partial charge in [0.1, 0.15) is 5.76 Å². The number of rotatable bonds is 3. The first-order chi connectivity index (χ1) is 7.06. The number of aromatic hydroxyl groups is 1. The molecule has 0 saturated heterocycles.